The molecule has 1 unspecified atom stereocenters. The summed E-state index contributed by atoms with van der Waals surface area (Å²) in [6.45, 7) is 0.762. The number of carbonyl (C=O) groups excluding carboxylic acids is 1. The molecule has 220 valence electrons. The number of halogens is 2. The molecule has 0 radical (unpaired) electrons. The van der Waals surface area contributed by atoms with Crippen LogP contribution in [0.1, 0.15) is 50.6 Å². The molecule has 0 bridgehead atoms. The first-order valence-electron chi connectivity index (χ1n) is 14.1. The van der Waals surface area contributed by atoms with E-state index in [-0.39, 0.29) is 41.8 Å². The van der Waals surface area contributed by atoms with E-state index in [0.29, 0.717) is 17.8 Å². The number of nitrogens with zero attached hydrogens (tertiary/aromatic N) is 6. The fourth-order valence-electron chi connectivity index (χ4n) is 6.35. The smallest absolute Gasteiger partial charge is 0.278 e. The van der Waals surface area contributed by atoms with Crippen molar-refractivity contribution < 1.29 is 18.3 Å². The van der Waals surface area contributed by atoms with Crippen molar-refractivity contribution in [3.05, 3.63) is 141 Å². The lowest BCUT2D eigenvalue weighted by molar-refractivity contribution is 0.0461. The fraction of sp³-hybridized carbons (Fsp3) is 0.188. The van der Waals surface area contributed by atoms with Gasteiger partial charge in [0.15, 0.2) is 29.2 Å². The summed E-state index contributed by atoms with van der Waals surface area (Å²) in [6, 6.07) is 20.5. The Bertz CT molecular complexity index is 2000. The second-order valence-electron chi connectivity index (χ2n) is 10.8. The molecule has 1 amide bonds. The molecule has 12 heteroatoms. The molecule has 0 saturated heterocycles. The number of ether oxygens (including phenoxy) is 1. The van der Waals surface area contributed by atoms with Gasteiger partial charge in [-0.05, 0) is 28.8 Å². The first-order valence-corrected chi connectivity index (χ1v) is 15.1. The van der Waals surface area contributed by atoms with Crippen LogP contribution < -0.4 is 15.2 Å². The molecule has 0 N–H and O–H groups in total. The highest BCUT2D eigenvalue weighted by atomic mass is 32.2. The molecule has 2 atom stereocenters. The summed E-state index contributed by atoms with van der Waals surface area (Å²) >= 11 is 1.42. The van der Waals surface area contributed by atoms with Crippen LogP contribution in [0.15, 0.2) is 94.9 Å². The minimum Gasteiger partial charge on any atom is -0.482 e. The van der Waals surface area contributed by atoms with E-state index in [1.807, 2.05) is 59.6 Å². The molecule has 3 aliphatic rings. The van der Waals surface area contributed by atoms with Gasteiger partial charge in [-0.25, -0.2) is 13.5 Å². The maximum atomic E-state index is 15.5. The highest BCUT2D eigenvalue weighted by Gasteiger charge is 2.48. The van der Waals surface area contributed by atoms with Gasteiger partial charge in [-0.15, -0.1) is 16.9 Å². The van der Waals surface area contributed by atoms with Crippen LogP contribution in [0.2, 0.25) is 0 Å². The third-order valence-corrected chi connectivity index (χ3v) is 9.48. The Morgan fingerprint density at radius 3 is 2.61 bits per heavy atom. The Kier molecular flexibility index (Phi) is 6.26. The van der Waals surface area contributed by atoms with Gasteiger partial charge in [0.25, 0.3) is 5.91 Å². The number of pyridine rings is 1. The number of hydrogen-bond donors (Lipinski definition) is 0. The zero-order valence-electron chi connectivity index (χ0n) is 23.1. The van der Waals surface area contributed by atoms with Crippen molar-refractivity contribution in [3.63, 3.8) is 0 Å². The van der Waals surface area contributed by atoms with Crippen LogP contribution in [0.4, 0.5) is 8.78 Å². The van der Waals surface area contributed by atoms with Crippen LogP contribution in [0, 0.1) is 11.6 Å². The second-order valence-corrected chi connectivity index (χ2v) is 11.8. The van der Waals surface area contributed by atoms with E-state index >= 15 is 4.39 Å². The zero-order valence-corrected chi connectivity index (χ0v) is 24.0. The summed E-state index contributed by atoms with van der Waals surface area (Å²) in [4.78, 5) is 30.3. The Morgan fingerprint density at radius 1 is 0.932 bits per heavy atom. The van der Waals surface area contributed by atoms with E-state index in [4.69, 9.17) is 4.74 Å². The van der Waals surface area contributed by atoms with Gasteiger partial charge < -0.3 is 9.64 Å². The number of thioether (sulfide) groups is 1. The summed E-state index contributed by atoms with van der Waals surface area (Å²) in [5, 5.41) is 10.3. The van der Waals surface area contributed by atoms with Crippen LogP contribution in [0.25, 0.3) is 0 Å². The maximum Gasteiger partial charge on any atom is 0.278 e. The standard InChI is InChI=1S/C32H24F2N6O3S/c33-23-11-10-20-22(27(23)34)18-44-26-9-5-4-8-21(26)28(20)40-31-24-16-35-36-38(24)15-14-37(31)32(42)29-30(25(41)12-13-39(29)40)43-17-19-6-2-1-3-7-19/h1-13,16,28,31H,14-15,17-18H2/t28-,31?/m0/s1. The number of hydrogen-bond acceptors (Lipinski definition) is 7. The number of amides is 1. The van der Waals surface area contributed by atoms with Gasteiger partial charge >= 0.3 is 0 Å². The molecule has 0 fully saturated rings. The molecule has 3 aliphatic heterocycles. The normalized spacial score (nSPS) is 18.5. The van der Waals surface area contributed by atoms with Crippen LogP contribution in [-0.4, -0.2) is 37.0 Å². The van der Waals surface area contributed by atoms with E-state index in [0.717, 1.165) is 22.1 Å². The van der Waals surface area contributed by atoms with Gasteiger partial charge in [-0.2, -0.15) is 0 Å². The second kappa shape index (κ2) is 10.3. The summed E-state index contributed by atoms with van der Waals surface area (Å²) < 4.78 is 39.7. The molecule has 5 aromatic rings. The molecular formula is C32H24F2N6O3S. The lowest BCUT2D eigenvalue weighted by Gasteiger charge is -2.51. The Morgan fingerprint density at radius 2 is 1.75 bits per heavy atom. The topological polar surface area (TPSA) is 85.5 Å². The lowest BCUT2D eigenvalue weighted by Crippen LogP contribution is -2.60. The lowest BCUT2D eigenvalue weighted by atomic mass is 9.92. The van der Waals surface area contributed by atoms with Gasteiger partial charge in [0.2, 0.25) is 5.43 Å². The molecule has 2 aromatic heterocycles. The van der Waals surface area contributed by atoms with Crippen molar-refractivity contribution >= 4 is 17.7 Å². The quantitative estimate of drug-likeness (QED) is 0.289. The van der Waals surface area contributed by atoms with Gasteiger partial charge in [0.05, 0.1) is 18.8 Å². The third kappa shape index (κ3) is 4.04. The van der Waals surface area contributed by atoms with Crippen molar-refractivity contribution in [2.45, 2.75) is 36.0 Å². The molecule has 44 heavy (non-hydrogen) atoms. The SMILES string of the molecule is O=C1c2c(OCc3ccccc3)c(=O)ccn2N([C@@H]2c3ccccc3SCc3c2ccc(F)c3F)C2c3cnnn3CCN12. The Hall–Kier alpha value is -4.97. The third-order valence-electron chi connectivity index (χ3n) is 8.36. The number of carbonyl (C=O) groups is 1. The minimum absolute atomic E-state index is 0.0594. The fourth-order valence-corrected chi connectivity index (χ4v) is 7.47. The largest absolute Gasteiger partial charge is 0.482 e. The number of aromatic nitrogens is 4. The molecule has 9 nitrogen and oxygen atoms in total. The van der Waals surface area contributed by atoms with Gasteiger partial charge in [0, 0.05) is 35.0 Å². The van der Waals surface area contributed by atoms with E-state index < -0.39 is 29.3 Å². The summed E-state index contributed by atoms with van der Waals surface area (Å²) in [7, 11) is 0. The number of fused-ring (bicyclic) bond motifs is 6. The first kappa shape index (κ1) is 26.6. The highest BCUT2D eigenvalue weighted by Crippen LogP contribution is 2.48. The summed E-state index contributed by atoms with van der Waals surface area (Å²) in [5.74, 6) is -2.08. The average Bonchev–Trinajstić information content (AvgIpc) is 3.47. The minimum atomic E-state index is -0.926. The summed E-state index contributed by atoms with van der Waals surface area (Å²) in [5.41, 5.74) is 2.75. The molecule has 8 rings (SSSR count). The van der Waals surface area contributed by atoms with E-state index in [2.05, 4.69) is 10.3 Å². The van der Waals surface area contributed by atoms with Crippen molar-refractivity contribution in [2.24, 2.45) is 0 Å². The summed E-state index contributed by atoms with van der Waals surface area (Å²) in [6.07, 6.45) is 2.43. The van der Waals surface area contributed by atoms with Crippen molar-refractivity contribution in [3.8, 4) is 5.75 Å². The van der Waals surface area contributed by atoms with E-state index in [1.165, 1.54) is 17.8 Å². The Balaban J connectivity index is 1.40. The predicted molar refractivity (Wildman–Crippen MR) is 158 cm³/mol. The van der Waals surface area contributed by atoms with Crippen LogP contribution in [0.5, 0.6) is 5.75 Å². The molecule has 5 heterocycles. The molecular weight excluding hydrogens is 586 g/mol. The average molecular weight is 611 g/mol. The van der Waals surface area contributed by atoms with Crippen LogP contribution in [-0.2, 0) is 18.9 Å². The number of benzene rings is 3. The molecule has 0 spiro atoms. The van der Waals surface area contributed by atoms with E-state index in [9.17, 15) is 14.0 Å². The van der Waals surface area contributed by atoms with Gasteiger partial charge in [-0.1, -0.05) is 59.8 Å². The van der Waals surface area contributed by atoms with Crippen molar-refractivity contribution in [1.29, 1.82) is 0 Å². The molecule has 3 aromatic carbocycles. The predicted octanol–water partition coefficient (Wildman–Crippen LogP) is 4.80. The molecule has 0 aliphatic carbocycles. The van der Waals surface area contributed by atoms with E-state index in [1.54, 1.807) is 32.7 Å². The highest BCUT2D eigenvalue weighted by molar-refractivity contribution is 7.98. The van der Waals surface area contributed by atoms with Gasteiger partial charge in [-0.3, -0.25) is 19.3 Å². The van der Waals surface area contributed by atoms with Crippen LogP contribution in [0.3, 0.4) is 0 Å². The maximum absolute atomic E-state index is 15.5. The van der Waals surface area contributed by atoms with Crippen molar-refractivity contribution in [1.82, 2.24) is 24.6 Å². The number of rotatable bonds is 4. The van der Waals surface area contributed by atoms with Crippen molar-refractivity contribution in [2.75, 3.05) is 11.6 Å². The van der Waals surface area contributed by atoms with Crippen LogP contribution >= 0.6 is 11.8 Å². The monoisotopic (exact) mass is 610 g/mol. The first-order chi connectivity index (χ1) is 21.5. The van der Waals surface area contributed by atoms with Gasteiger partial charge in [0.1, 0.15) is 12.3 Å². The zero-order chi connectivity index (χ0) is 29.9. The Labute approximate surface area is 254 Å². The molecule has 0 saturated carbocycles.